The molecule has 0 aliphatic heterocycles. The molecule has 0 N–H and O–H groups in total. The van der Waals surface area contributed by atoms with Gasteiger partial charge in [-0.2, -0.15) is 0 Å². The fraction of sp³-hybridized carbons (Fsp3) is 0.158. The van der Waals surface area contributed by atoms with Crippen LogP contribution in [-0.4, -0.2) is 5.97 Å². The number of benzene rings is 2. The molecule has 0 saturated heterocycles. The van der Waals surface area contributed by atoms with Gasteiger partial charge in [0.05, 0.1) is 11.3 Å². The molecule has 0 bridgehead atoms. The van der Waals surface area contributed by atoms with E-state index in [0.29, 0.717) is 27.5 Å². The van der Waals surface area contributed by atoms with Crippen molar-refractivity contribution in [3.63, 3.8) is 0 Å². The Morgan fingerprint density at radius 2 is 1.80 bits per heavy atom. The summed E-state index contributed by atoms with van der Waals surface area (Å²) in [5.74, 6) is 0.657. The third-order valence-electron chi connectivity index (χ3n) is 3.88. The molecular formula is C19H13ClO5. The maximum Gasteiger partial charge on any atom is 0.314 e. The number of carbonyl (C=O) groups is 1. The van der Waals surface area contributed by atoms with Crippen molar-refractivity contribution in [3.8, 4) is 17.2 Å². The average molecular weight is 357 g/mol. The predicted octanol–water partition coefficient (Wildman–Crippen LogP) is 4.55. The average Bonchev–Trinajstić information content (AvgIpc) is 3.44. The van der Waals surface area contributed by atoms with Crippen LogP contribution in [0.2, 0.25) is 5.02 Å². The third kappa shape index (κ3) is 3.37. The zero-order chi connectivity index (χ0) is 17.4. The Bertz CT molecular complexity index is 1000. The van der Waals surface area contributed by atoms with E-state index in [1.807, 2.05) is 0 Å². The van der Waals surface area contributed by atoms with E-state index >= 15 is 0 Å². The first-order valence-corrected chi connectivity index (χ1v) is 8.18. The van der Waals surface area contributed by atoms with Crippen LogP contribution in [0.15, 0.2) is 57.9 Å². The van der Waals surface area contributed by atoms with Crippen molar-refractivity contribution in [2.75, 3.05) is 0 Å². The highest BCUT2D eigenvalue weighted by atomic mass is 35.5. The summed E-state index contributed by atoms with van der Waals surface area (Å²) in [6, 6.07) is 11.3. The Morgan fingerprint density at radius 3 is 2.52 bits per heavy atom. The standard InChI is InChI=1S/C19H13ClO5/c20-12-3-5-13(6-4-12)24-17-10-23-16-9-14(7-8-15(16)18(17)21)25-19(22)11-1-2-11/h3-11H,1-2H2. The molecule has 0 spiro atoms. The first-order chi connectivity index (χ1) is 12.1. The van der Waals surface area contributed by atoms with Gasteiger partial charge in [-0.1, -0.05) is 11.6 Å². The van der Waals surface area contributed by atoms with Crippen LogP contribution in [0.4, 0.5) is 0 Å². The Balaban J connectivity index is 1.62. The summed E-state index contributed by atoms with van der Waals surface area (Å²) in [4.78, 5) is 24.2. The number of carbonyl (C=O) groups excluding carboxylic acids is 1. The van der Waals surface area contributed by atoms with E-state index < -0.39 is 0 Å². The van der Waals surface area contributed by atoms with Gasteiger partial charge in [0, 0.05) is 11.1 Å². The molecule has 5 nitrogen and oxygen atoms in total. The molecule has 4 rings (SSSR count). The van der Waals surface area contributed by atoms with Crippen molar-refractivity contribution in [2.45, 2.75) is 12.8 Å². The molecule has 0 radical (unpaired) electrons. The summed E-state index contributed by atoms with van der Waals surface area (Å²) in [7, 11) is 0. The zero-order valence-electron chi connectivity index (χ0n) is 13.0. The van der Waals surface area contributed by atoms with E-state index in [1.54, 1.807) is 36.4 Å². The number of rotatable bonds is 4. The minimum Gasteiger partial charge on any atom is -0.460 e. The van der Waals surface area contributed by atoms with Crippen molar-refractivity contribution in [3.05, 3.63) is 64.0 Å². The lowest BCUT2D eigenvalue weighted by molar-refractivity contribution is -0.135. The second-order valence-electron chi connectivity index (χ2n) is 5.84. The fourth-order valence-electron chi connectivity index (χ4n) is 2.37. The molecule has 2 aromatic carbocycles. The van der Waals surface area contributed by atoms with Crippen LogP contribution in [0.25, 0.3) is 11.0 Å². The van der Waals surface area contributed by atoms with Gasteiger partial charge < -0.3 is 13.9 Å². The van der Waals surface area contributed by atoms with E-state index in [-0.39, 0.29) is 23.1 Å². The number of ether oxygens (including phenoxy) is 2. The summed E-state index contributed by atoms with van der Waals surface area (Å²) in [5.41, 5.74) is 0.0193. The summed E-state index contributed by atoms with van der Waals surface area (Å²) in [6.07, 6.45) is 2.98. The Hall–Kier alpha value is -2.79. The van der Waals surface area contributed by atoms with Crippen LogP contribution >= 0.6 is 11.6 Å². The molecule has 0 amide bonds. The van der Waals surface area contributed by atoms with Crippen LogP contribution in [0.3, 0.4) is 0 Å². The molecule has 1 aliphatic rings. The topological polar surface area (TPSA) is 65.7 Å². The van der Waals surface area contributed by atoms with Gasteiger partial charge in [0.25, 0.3) is 0 Å². The van der Waals surface area contributed by atoms with Crippen LogP contribution in [-0.2, 0) is 4.79 Å². The smallest absolute Gasteiger partial charge is 0.314 e. The Morgan fingerprint density at radius 1 is 1.08 bits per heavy atom. The van der Waals surface area contributed by atoms with Gasteiger partial charge in [-0.15, -0.1) is 0 Å². The van der Waals surface area contributed by atoms with Gasteiger partial charge >= 0.3 is 5.97 Å². The van der Waals surface area contributed by atoms with E-state index in [0.717, 1.165) is 12.8 Å². The highest BCUT2D eigenvalue weighted by molar-refractivity contribution is 6.30. The molecular weight excluding hydrogens is 344 g/mol. The largest absolute Gasteiger partial charge is 0.460 e. The summed E-state index contributed by atoms with van der Waals surface area (Å²) in [6.45, 7) is 0. The monoisotopic (exact) mass is 356 g/mol. The summed E-state index contributed by atoms with van der Waals surface area (Å²) >= 11 is 5.83. The summed E-state index contributed by atoms with van der Waals surface area (Å²) < 4.78 is 16.3. The van der Waals surface area contributed by atoms with E-state index in [2.05, 4.69) is 0 Å². The van der Waals surface area contributed by atoms with E-state index in [1.165, 1.54) is 12.3 Å². The second kappa shape index (κ2) is 6.26. The lowest BCUT2D eigenvalue weighted by Gasteiger charge is -2.07. The van der Waals surface area contributed by atoms with Crippen LogP contribution in [0.5, 0.6) is 17.2 Å². The van der Waals surface area contributed by atoms with E-state index in [9.17, 15) is 9.59 Å². The maximum atomic E-state index is 12.5. The normalized spacial score (nSPS) is 13.6. The van der Waals surface area contributed by atoms with Crippen LogP contribution < -0.4 is 14.9 Å². The van der Waals surface area contributed by atoms with Crippen molar-refractivity contribution >= 4 is 28.5 Å². The number of hydrogen-bond acceptors (Lipinski definition) is 5. The molecule has 1 aliphatic carbocycles. The lowest BCUT2D eigenvalue weighted by atomic mass is 10.2. The lowest BCUT2D eigenvalue weighted by Crippen LogP contribution is -2.10. The molecule has 126 valence electrons. The minimum atomic E-state index is -0.309. The molecule has 3 aromatic rings. The first kappa shape index (κ1) is 15.7. The molecule has 1 saturated carbocycles. The predicted molar refractivity (Wildman–Crippen MR) is 92.4 cm³/mol. The molecule has 25 heavy (non-hydrogen) atoms. The van der Waals surface area contributed by atoms with Gasteiger partial charge in [-0.05, 0) is 49.2 Å². The second-order valence-corrected chi connectivity index (χ2v) is 6.27. The minimum absolute atomic E-state index is 0.00198. The number of fused-ring (bicyclic) bond motifs is 1. The molecule has 1 heterocycles. The van der Waals surface area contributed by atoms with Gasteiger partial charge in [0.1, 0.15) is 23.3 Å². The number of esters is 1. The van der Waals surface area contributed by atoms with Crippen molar-refractivity contribution in [2.24, 2.45) is 5.92 Å². The van der Waals surface area contributed by atoms with Gasteiger partial charge in [0.15, 0.2) is 0 Å². The van der Waals surface area contributed by atoms with E-state index in [4.69, 9.17) is 25.5 Å². The Labute approximate surface area is 147 Å². The highest BCUT2D eigenvalue weighted by Gasteiger charge is 2.31. The van der Waals surface area contributed by atoms with Gasteiger partial charge in [-0.3, -0.25) is 9.59 Å². The van der Waals surface area contributed by atoms with Crippen molar-refractivity contribution < 1.29 is 18.7 Å². The van der Waals surface area contributed by atoms with Crippen molar-refractivity contribution in [1.82, 2.24) is 0 Å². The third-order valence-corrected chi connectivity index (χ3v) is 4.14. The maximum absolute atomic E-state index is 12.5. The SMILES string of the molecule is O=C(Oc1ccc2c(=O)c(Oc3ccc(Cl)cc3)coc2c1)C1CC1. The van der Waals surface area contributed by atoms with Gasteiger partial charge in [-0.25, -0.2) is 0 Å². The highest BCUT2D eigenvalue weighted by Crippen LogP contribution is 2.31. The number of halogens is 1. The quantitative estimate of drug-likeness (QED) is 0.506. The molecule has 0 atom stereocenters. The van der Waals surface area contributed by atoms with Crippen molar-refractivity contribution in [1.29, 1.82) is 0 Å². The molecule has 1 aromatic heterocycles. The molecule has 0 unspecified atom stereocenters. The molecule has 6 heteroatoms. The Kier molecular flexibility index (Phi) is 3.93. The van der Waals surface area contributed by atoms with Gasteiger partial charge in [0.2, 0.25) is 11.2 Å². The fourth-order valence-corrected chi connectivity index (χ4v) is 2.50. The number of hydrogen-bond donors (Lipinski definition) is 0. The first-order valence-electron chi connectivity index (χ1n) is 7.81. The summed E-state index contributed by atoms with van der Waals surface area (Å²) in [5, 5.41) is 0.920. The van der Waals surface area contributed by atoms with Crippen LogP contribution in [0.1, 0.15) is 12.8 Å². The molecule has 1 fully saturated rings. The van der Waals surface area contributed by atoms with Crippen LogP contribution in [0, 0.1) is 5.92 Å². The zero-order valence-corrected chi connectivity index (χ0v) is 13.8.